The number of benzene rings is 2. The number of hydrogen-bond donors (Lipinski definition) is 5. The van der Waals surface area contributed by atoms with Crippen LogP contribution in [-0.2, 0) is 4.74 Å². The topological polar surface area (TPSA) is 168 Å². The summed E-state index contributed by atoms with van der Waals surface area (Å²) in [5, 5.41) is 50.2. The van der Waals surface area contributed by atoms with Gasteiger partial charge in [-0.2, -0.15) is 0 Å². The number of phenolic OH excluding ortho intramolecular Hbond substituents is 1. The van der Waals surface area contributed by atoms with Gasteiger partial charge in [-0.3, -0.25) is 4.79 Å². The van der Waals surface area contributed by atoms with E-state index in [-0.39, 0.29) is 28.0 Å². The largest absolute Gasteiger partial charge is 0.504 e. The SMILES string of the molecule is COc1ccc(-c2coc3cc(O[C@@H]4OC(CO)[C@@H](O)[C@H](O)C4O)c(OC)c(O)c3c2=O)cc1. The molecular formula is C23H24O11. The predicted octanol–water partition coefficient (Wildman–Crippen LogP) is 0.361. The van der Waals surface area contributed by atoms with Crippen LogP contribution in [0, 0.1) is 0 Å². The van der Waals surface area contributed by atoms with Crippen molar-refractivity contribution in [3.8, 4) is 34.1 Å². The molecule has 0 aliphatic carbocycles. The third-order valence-electron chi connectivity index (χ3n) is 5.66. The van der Waals surface area contributed by atoms with E-state index >= 15 is 0 Å². The highest BCUT2D eigenvalue weighted by Gasteiger charge is 2.45. The van der Waals surface area contributed by atoms with Gasteiger partial charge in [0.05, 0.1) is 26.4 Å². The summed E-state index contributed by atoms with van der Waals surface area (Å²) in [5.74, 6) is -0.377. The van der Waals surface area contributed by atoms with Crippen molar-refractivity contribution in [1.29, 1.82) is 0 Å². The fourth-order valence-electron chi connectivity index (χ4n) is 3.77. The number of aliphatic hydroxyl groups excluding tert-OH is 4. The summed E-state index contributed by atoms with van der Waals surface area (Å²) in [7, 11) is 2.75. The molecule has 2 aromatic carbocycles. The zero-order valence-electron chi connectivity index (χ0n) is 18.2. The number of aliphatic hydroxyl groups is 4. The van der Waals surface area contributed by atoms with Crippen LogP contribution in [0.1, 0.15) is 0 Å². The molecule has 34 heavy (non-hydrogen) atoms. The Balaban J connectivity index is 1.76. The van der Waals surface area contributed by atoms with Crippen molar-refractivity contribution in [2.75, 3.05) is 20.8 Å². The van der Waals surface area contributed by atoms with Gasteiger partial charge in [-0.25, -0.2) is 0 Å². The van der Waals surface area contributed by atoms with Crippen molar-refractivity contribution in [1.82, 2.24) is 0 Å². The fraction of sp³-hybridized carbons (Fsp3) is 0.348. The molecule has 5 N–H and O–H groups in total. The molecule has 1 aliphatic rings. The zero-order valence-corrected chi connectivity index (χ0v) is 18.2. The second-order valence-electron chi connectivity index (χ2n) is 7.65. The number of fused-ring (bicyclic) bond motifs is 1. The average molecular weight is 476 g/mol. The third kappa shape index (κ3) is 4.04. The average Bonchev–Trinajstić information content (AvgIpc) is 2.84. The standard InChI is InChI=1S/C23H24O11/c1-30-11-5-3-10(4-6-11)12-9-32-13-7-14(22(31-2)19(27)16(13)17(12)25)33-23-21(29)20(28)18(26)15(8-24)34-23/h3-7,9,15,18,20-21,23-24,26-29H,8H2,1-2H3/t15?,18-,20+,21?,23-/m1/s1. The van der Waals surface area contributed by atoms with Crippen LogP contribution in [0.15, 0.2) is 45.8 Å². The molecule has 1 fully saturated rings. The predicted molar refractivity (Wildman–Crippen MR) is 117 cm³/mol. The van der Waals surface area contributed by atoms with Crippen molar-refractivity contribution in [2.45, 2.75) is 30.7 Å². The Kier molecular flexibility index (Phi) is 6.64. The molecular weight excluding hydrogens is 452 g/mol. The molecule has 0 radical (unpaired) electrons. The van der Waals surface area contributed by atoms with Crippen LogP contribution in [0.25, 0.3) is 22.1 Å². The summed E-state index contributed by atoms with van der Waals surface area (Å²) >= 11 is 0. The molecule has 11 nitrogen and oxygen atoms in total. The molecule has 4 rings (SSSR count). The fourth-order valence-corrected chi connectivity index (χ4v) is 3.77. The van der Waals surface area contributed by atoms with Crippen LogP contribution in [0.2, 0.25) is 0 Å². The van der Waals surface area contributed by atoms with Crippen LogP contribution in [0.5, 0.6) is 23.0 Å². The molecule has 2 unspecified atom stereocenters. The number of hydrogen-bond acceptors (Lipinski definition) is 11. The van der Waals surface area contributed by atoms with Gasteiger partial charge in [-0.05, 0) is 17.7 Å². The van der Waals surface area contributed by atoms with E-state index in [1.165, 1.54) is 26.5 Å². The highest BCUT2D eigenvalue weighted by Crippen LogP contribution is 2.43. The van der Waals surface area contributed by atoms with Crippen LogP contribution in [-0.4, -0.2) is 77.1 Å². The summed E-state index contributed by atoms with van der Waals surface area (Å²) in [6, 6.07) is 7.95. The molecule has 182 valence electrons. The molecule has 0 amide bonds. The minimum absolute atomic E-state index is 0.0415. The number of ether oxygens (including phenoxy) is 4. The summed E-state index contributed by atoms with van der Waals surface area (Å²) in [6.07, 6.45) is -6.43. The number of methoxy groups -OCH3 is 2. The summed E-state index contributed by atoms with van der Waals surface area (Å²) < 4.78 is 26.9. The third-order valence-corrected chi connectivity index (χ3v) is 5.66. The minimum atomic E-state index is -1.69. The van der Waals surface area contributed by atoms with E-state index in [0.717, 1.165) is 0 Å². The van der Waals surface area contributed by atoms with Crippen molar-refractivity contribution >= 4 is 11.0 Å². The monoisotopic (exact) mass is 476 g/mol. The molecule has 1 aromatic heterocycles. The van der Waals surface area contributed by atoms with Gasteiger partial charge in [0.1, 0.15) is 47.4 Å². The van der Waals surface area contributed by atoms with Gasteiger partial charge in [0.25, 0.3) is 0 Å². The Morgan fingerprint density at radius 3 is 2.32 bits per heavy atom. The van der Waals surface area contributed by atoms with Gasteiger partial charge < -0.3 is 48.9 Å². The second kappa shape index (κ2) is 9.49. The summed E-state index contributed by atoms with van der Waals surface area (Å²) in [4.78, 5) is 13.2. The van der Waals surface area contributed by atoms with Gasteiger partial charge in [0.15, 0.2) is 11.5 Å². The lowest BCUT2D eigenvalue weighted by molar-refractivity contribution is -0.277. The molecule has 1 aliphatic heterocycles. The lowest BCUT2D eigenvalue weighted by Crippen LogP contribution is -2.60. The van der Waals surface area contributed by atoms with Crippen LogP contribution in [0.4, 0.5) is 0 Å². The first kappa shape index (κ1) is 23.8. The maximum atomic E-state index is 13.2. The molecule has 0 spiro atoms. The Morgan fingerprint density at radius 1 is 1.00 bits per heavy atom. The maximum Gasteiger partial charge on any atom is 0.229 e. The lowest BCUT2D eigenvalue weighted by Gasteiger charge is -2.39. The van der Waals surface area contributed by atoms with Gasteiger partial charge in [0.2, 0.25) is 17.5 Å². The summed E-state index contributed by atoms with van der Waals surface area (Å²) in [6.45, 7) is -0.645. The van der Waals surface area contributed by atoms with Crippen LogP contribution >= 0.6 is 0 Å². The first-order valence-corrected chi connectivity index (χ1v) is 10.3. The van der Waals surface area contributed by atoms with E-state index in [1.807, 2.05) is 0 Å². The van der Waals surface area contributed by atoms with E-state index in [4.69, 9.17) is 23.4 Å². The Bertz CT molecular complexity index is 1220. The quantitative estimate of drug-likeness (QED) is 0.333. The van der Waals surface area contributed by atoms with E-state index in [1.54, 1.807) is 24.3 Å². The zero-order chi connectivity index (χ0) is 24.6. The molecule has 3 aromatic rings. The number of aromatic hydroxyl groups is 1. The van der Waals surface area contributed by atoms with Crippen LogP contribution < -0.4 is 19.6 Å². The molecule has 11 heteroatoms. The first-order valence-electron chi connectivity index (χ1n) is 10.3. The molecule has 5 atom stereocenters. The Hall–Kier alpha value is -3.35. The van der Waals surface area contributed by atoms with E-state index in [9.17, 15) is 30.3 Å². The highest BCUT2D eigenvalue weighted by atomic mass is 16.7. The van der Waals surface area contributed by atoms with Crippen molar-refractivity contribution in [3.63, 3.8) is 0 Å². The molecule has 2 heterocycles. The second-order valence-corrected chi connectivity index (χ2v) is 7.65. The van der Waals surface area contributed by atoms with Crippen molar-refractivity contribution in [2.24, 2.45) is 0 Å². The number of rotatable bonds is 6. The van der Waals surface area contributed by atoms with E-state index < -0.39 is 48.5 Å². The van der Waals surface area contributed by atoms with Gasteiger partial charge in [0, 0.05) is 6.07 Å². The number of phenols is 1. The van der Waals surface area contributed by atoms with E-state index in [0.29, 0.717) is 11.3 Å². The molecule has 0 saturated carbocycles. The van der Waals surface area contributed by atoms with E-state index in [2.05, 4.69) is 0 Å². The normalized spacial score (nSPS) is 24.7. The maximum absolute atomic E-state index is 13.2. The van der Waals surface area contributed by atoms with Gasteiger partial charge in [-0.1, -0.05) is 12.1 Å². The first-order chi connectivity index (χ1) is 16.3. The smallest absolute Gasteiger partial charge is 0.229 e. The lowest BCUT2D eigenvalue weighted by atomic mass is 9.99. The Labute approximate surface area is 192 Å². The van der Waals surface area contributed by atoms with Gasteiger partial charge in [-0.15, -0.1) is 0 Å². The van der Waals surface area contributed by atoms with Gasteiger partial charge >= 0.3 is 0 Å². The molecule has 0 bridgehead atoms. The van der Waals surface area contributed by atoms with Crippen molar-refractivity contribution in [3.05, 3.63) is 46.8 Å². The summed E-state index contributed by atoms with van der Waals surface area (Å²) in [5.41, 5.74) is 0.160. The van der Waals surface area contributed by atoms with Crippen LogP contribution in [0.3, 0.4) is 0 Å². The Morgan fingerprint density at radius 2 is 1.71 bits per heavy atom. The molecule has 1 saturated heterocycles. The van der Waals surface area contributed by atoms with Crippen molar-refractivity contribution < 1.29 is 48.9 Å². The minimum Gasteiger partial charge on any atom is -0.504 e. The highest BCUT2D eigenvalue weighted by molar-refractivity contribution is 5.91.